The first-order chi connectivity index (χ1) is 18.0. The van der Waals surface area contributed by atoms with E-state index < -0.39 is 24.4 Å². The molecule has 0 spiro atoms. The molecule has 8 heteroatoms. The van der Waals surface area contributed by atoms with E-state index in [-0.39, 0.29) is 16.5 Å². The minimum Gasteiger partial charge on any atom is -0.452 e. The van der Waals surface area contributed by atoms with E-state index in [0.717, 1.165) is 9.87 Å². The third-order valence-corrected chi connectivity index (χ3v) is 13.2. The Morgan fingerprint density at radius 2 is 1.39 bits per heavy atom. The molecule has 0 aliphatic heterocycles. The summed E-state index contributed by atoms with van der Waals surface area (Å²) in [6, 6.07) is 27.1. The highest BCUT2D eigenvalue weighted by atomic mass is 32.2. The van der Waals surface area contributed by atoms with Gasteiger partial charge in [0.25, 0.3) is 18.3 Å². The van der Waals surface area contributed by atoms with Crippen LogP contribution in [0.1, 0.15) is 32.8 Å². The molecule has 0 N–H and O–H groups in total. The number of sulfonamides is 1. The maximum Gasteiger partial charge on any atom is 0.423 e. The summed E-state index contributed by atoms with van der Waals surface area (Å²) in [7, 11) is -5.53. The summed E-state index contributed by atoms with van der Waals surface area (Å²) in [6.07, 6.45) is 3.14. The van der Waals surface area contributed by atoms with Crippen LogP contribution in [0.3, 0.4) is 0 Å². The molecule has 0 aliphatic carbocycles. The van der Waals surface area contributed by atoms with Crippen LogP contribution >= 0.6 is 0 Å². The van der Waals surface area contributed by atoms with E-state index in [4.69, 9.17) is 9.16 Å². The first-order valence-corrected chi connectivity index (χ1v) is 16.0. The number of benzene rings is 3. The fraction of sp³-hybridized carbons (Fsp3) is 0.300. The molecular weight excluding hydrogens is 514 g/mol. The van der Waals surface area contributed by atoms with Gasteiger partial charge in [0.2, 0.25) is 0 Å². The number of nitrogens with zero attached hydrogens (tertiary/aromatic N) is 1. The summed E-state index contributed by atoms with van der Waals surface area (Å²) < 4.78 is 38.5. The van der Waals surface area contributed by atoms with E-state index in [1.54, 1.807) is 18.2 Å². The minimum absolute atomic E-state index is 0.0388. The Kier molecular flexibility index (Phi) is 9.70. The number of carbonyl (C=O) groups is 1. The number of hydrogen-bond acceptors (Lipinski definition) is 5. The van der Waals surface area contributed by atoms with Crippen LogP contribution in [0.5, 0.6) is 0 Å². The van der Waals surface area contributed by atoms with Crippen molar-refractivity contribution in [2.75, 3.05) is 20.3 Å². The van der Waals surface area contributed by atoms with Gasteiger partial charge in [-0.15, -0.1) is 0 Å². The Morgan fingerprint density at radius 1 is 0.868 bits per heavy atom. The van der Waals surface area contributed by atoms with E-state index in [0.29, 0.717) is 13.0 Å². The number of carbonyl (C=O) groups excluding carboxylic acids is 1. The zero-order valence-electron chi connectivity index (χ0n) is 22.8. The highest BCUT2D eigenvalue weighted by molar-refractivity contribution is 7.89. The van der Waals surface area contributed by atoms with Crippen molar-refractivity contribution in [1.82, 2.24) is 4.31 Å². The van der Waals surface area contributed by atoms with Gasteiger partial charge in [0.05, 0.1) is 18.6 Å². The maximum atomic E-state index is 13.1. The molecule has 0 aliphatic rings. The second-order valence-corrected chi connectivity index (χ2v) is 16.3. The molecule has 6 nitrogen and oxygen atoms in total. The van der Waals surface area contributed by atoms with Gasteiger partial charge >= 0.3 is 6.09 Å². The van der Waals surface area contributed by atoms with Crippen LogP contribution in [-0.2, 0) is 19.2 Å². The van der Waals surface area contributed by atoms with Gasteiger partial charge in [-0.2, -0.15) is 4.31 Å². The zero-order chi connectivity index (χ0) is 27.8. The Balaban J connectivity index is 1.78. The van der Waals surface area contributed by atoms with Crippen molar-refractivity contribution in [3.8, 4) is 0 Å². The highest BCUT2D eigenvalue weighted by Gasteiger charge is 2.49. The number of amides is 1. The molecule has 202 valence electrons. The molecule has 0 saturated carbocycles. The fourth-order valence-electron chi connectivity index (χ4n) is 4.54. The molecule has 38 heavy (non-hydrogen) atoms. The van der Waals surface area contributed by atoms with E-state index in [2.05, 4.69) is 45.0 Å². The van der Waals surface area contributed by atoms with E-state index in [1.165, 1.54) is 29.6 Å². The number of methoxy groups -OCH3 is 1. The molecule has 0 atom stereocenters. The van der Waals surface area contributed by atoms with Gasteiger partial charge in [-0.3, -0.25) is 0 Å². The van der Waals surface area contributed by atoms with Gasteiger partial charge in [0.15, 0.2) is 0 Å². The summed E-state index contributed by atoms with van der Waals surface area (Å²) in [6.45, 7) is 8.85. The van der Waals surface area contributed by atoms with Crippen LogP contribution in [0.4, 0.5) is 4.79 Å². The lowest BCUT2D eigenvalue weighted by Crippen LogP contribution is -2.66. The van der Waals surface area contributed by atoms with E-state index in [1.807, 2.05) is 49.4 Å². The predicted molar refractivity (Wildman–Crippen MR) is 155 cm³/mol. The molecule has 1 amide bonds. The van der Waals surface area contributed by atoms with Crippen molar-refractivity contribution >= 4 is 34.8 Å². The molecule has 3 aromatic carbocycles. The molecule has 0 fully saturated rings. The molecule has 0 radical (unpaired) electrons. The SMILES string of the molecule is COC(=O)N(C/C=C/CCO[Si](c1ccccc1)(c1ccccc1)C(C)(C)C)S(=O)(=O)c1ccc(C)cc1. The highest BCUT2D eigenvalue weighted by Crippen LogP contribution is 2.36. The van der Waals surface area contributed by atoms with Crippen LogP contribution in [0.2, 0.25) is 5.04 Å². The summed E-state index contributed by atoms with van der Waals surface area (Å²) >= 11 is 0. The van der Waals surface area contributed by atoms with Crippen LogP contribution in [0.25, 0.3) is 0 Å². The predicted octanol–water partition coefficient (Wildman–Crippen LogP) is 5.28. The smallest absolute Gasteiger partial charge is 0.423 e. The van der Waals surface area contributed by atoms with Crippen molar-refractivity contribution in [2.24, 2.45) is 0 Å². The summed E-state index contributed by atoms with van der Waals surface area (Å²) in [5.74, 6) is 0. The molecule has 0 aromatic heterocycles. The lowest BCUT2D eigenvalue weighted by atomic mass is 10.2. The number of hydrogen-bond donors (Lipinski definition) is 0. The van der Waals surface area contributed by atoms with Gasteiger partial charge in [-0.05, 0) is 40.9 Å². The molecule has 0 unspecified atom stereocenters. The first kappa shape index (κ1) is 29.4. The lowest BCUT2D eigenvalue weighted by molar-refractivity contribution is 0.151. The molecule has 0 bridgehead atoms. The number of ether oxygens (including phenoxy) is 1. The van der Waals surface area contributed by atoms with Crippen LogP contribution in [-0.4, -0.2) is 47.4 Å². The molecule has 3 rings (SSSR count). The second-order valence-electron chi connectivity index (χ2n) is 10.1. The summed E-state index contributed by atoms with van der Waals surface area (Å²) in [4.78, 5) is 12.4. The lowest BCUT2D eigenvalue weighted by Gasteiger charge is -2.43. The van der Waals surface area contributed by atoms with Crippen molar-refractivity contribution in [3.05, 3.63) is 103 Å². The minimum atomic E-state index is -4.05. The van der Waals surface area contributed by atoms with E-state index in [9.17, 15) is 13.2 Å². The van der Waals surface area contributed by atoms with Crippen molar-refractivity contribution in [2.45, 2.75) is 44.0 Å². The second kappa shape index (κ2) is 12.6. The first-order valence-electron chi connectivity index (χ1n) is 12.6. The standard InChI is InChI=1S/C30H37NO5SSi/c1-25-19-21-26(22-20-25)37(33,34)31(29(32)35-5)23-13-8-14-24-36-38(30(2,3)4,27-15-9-6-10-16-27)28-17-11-7-12-18-28/h6-13,15-22H,14,23-24H2,1-5H3/b13-8+. The maximum absolute atomic E-state index is 13.1. The average Bonchev–Trinajstić information content (AvgIpc) is 2.90. The Labute approximate surface area is 228 Å². The Morgan fingerprint density at radius 3 is 1.87 bits per heavy atom. The Bertz CT molecular complexity index is 1280. The largest absolute Gasteiger partial charge is 0.452 e. The van der Waals surface area contributed by atoms with Gasteiger partial charge in [-0.25, -0.2) is 13.2 Å². The van der Waals surface area contributed by atoms with Gasteiger partial charge < -0.3 is 9.16 Å². The zero-order valence-corrected chi connectivity index (χ0v) is 24.6. The van der Waals surface area contributed by atoms with Gasteiger partial charge in [0, 0.05) is 6.61 Å². The molecule has 0 saturated heterocycles. The van der Waals surface area contributed by atoms with Crippen LogP contribution in [0, 0.1) is 6.92 Å². The average molecular weight is 552 g/mol. The molecule has 3 aromatic rings. The summed E-state index contributed by atoms with van der Waals surface area (Å²) in [5, 5.41) is 2.26. The quantitative estimate of drug-likeness (QED) is 0.195. The third kappa shape index (κ3) is 6.43. The third-order valence-electron chi connectivity index (χ3n) is 6.45. The van der Waals surface area contributed by atoms with Crippen LogP contribution < -0.4 is 10.4 Å². The fourth-order valence-corrected chi connectivity index (χ4v) is 10.4. The van der Waals surface area contributed by atoms with Crippen molar-refractivity contribution < 1.29 is 22.4 Å². The normalized spacial score (nSPS) is 12.4. The van der Waals surface area contributed by atoms with Crippen LogP contribution in [0.15, 0.2) is 102 Å². The Hall–Kier alpha value is -3.20. The van der Waals surface area contributed by atoms with Gasteiger partial charge in [0.1, 0.15) is 0 Å². The van der Waals surface area contributed by atoms with Gasteiger partial charge in [-0.1, -0.05) is 111 Å². The number of rotatable bonds is 10. The number of aryl methyl sites for hydroxylation is 1. The topological polar surface area (TPSA) is 72.9 Å². The van der Waals surface area contributed by atoms with E-state index >= 15 is 0 Å². The molecular formula is C30H37NO5SSi. The summed E-state index contributed by atoms with van der Waals surface area (Å²) in [5.41, 5.74) is 0.925. The van der Waals surface area contributed by atoms with Crippen molar-refractivity contribution in [1.29, 1.82) is 0 Å². The molecule has 0 heterocycles. The monoisotopic (exact) mass is 551 g/mol. The van der Waals surface area contributed by atoms with Crippen molar-refractivity contribution in [3.63, 3.8) is 0 Å².